The Balaban J connectivity index is 1.97. The first-order valence-corrected chi connectivity index (χ1v) is 8.63. The zero-order valence-electron chi connectivity index (χ0n) is 14.5. The number of benzene rings is 1. The van der Waals surface area contributed by atoms with Crippen LogP contribution in [-0.2, 0) is 9.59 Å². The van der Waals surface area contributed by atoms with Gasteiger partial charge in [-0.15, -0.1) is 0 Å². The van der Waals surface area contributed by atoms with E-state index in [1.165, 1.54) is 11.1 Å². The zero-order chi connectivity index (χ0) is 16.8. The van der Waals surface area contributed by atoms with E-state index in [0.29, 0.717) is 25.2 Å². The molecule has 1 aromatic rings. The molecule has 1 aliphatic heterocycles. The van der Waals surface area contributed by atoms with Gasteiger partial charge in [-0.3, -0.25) is 9.59 Å². The van der Waals surface area contributed by atoms with Crippen molar-refractivity contribution < 1.29 is 9.59 Å². The molecule has 2 rings (SSSR count). The van der Waals surface area contributed by atoms with Gasteiger partial charge in [0.15, 0.2) is 0 Å². The second-order valence-electron chi connectivity index (χ2n) is 6.40. The van der Waals surface area contributed by atoms with E-state index in [9.17, 15) is 9.59 Å². The maximum absolute atomic E-state index is 12.5. The Morgan fingerprint density at radius 2 is 1.91 bits per heavy atom. The summed E-state index contributed by atoms with van der Waals surface area (Å²) in [5.74, 6) is 0.627. The standard InChI is InChI=1S/C19H28N2O2/c1-4-17-16(15-10-8-14(2)9-11-15)12-13-21(17)19(23)7-5-6-18(22)20-3/h8-11,16-17H,4-7,12-13H2,1-3H3,(H,20,22)/t16-,17+/m0/s1. The lowest BCUT2D eigenvalue weighted by atomic mass is 9.90. The molecule has 4 nitrogen and oxygen atoms in total. The number of aryl methyl sites for hydroxylation is 1. The smallest absolute Gasteiger partial charge is 0.222 e. The molecule has 0 saturated carbocycles. The van der Waals surface area contributed by atoms with Gasteiger partial charge in [0.05, 0.1) is 0 Å². The average molecular weight is 316 g/mol. The van der Waals surface area contributed by atoms with Crippen molar-refractivity contribution in [2.75, 3.05) is 13.6 Å². The van der Waals surface area contributed by atoms with Crippen molar-refractivity contribution in [3.63, 3.8) is 0 Å². The molecule has 23 heavy (non-hydrogen) atoms. The van der Waals surface area contributed by atoms with Crippen LogP contribution in [0.15, 0.2) is 24.3 Å². The molecule has 1 saturated heterocycles. The number of carbonyl (C=O) groups is 2. The summed E-state index contributed by atoms with van der Waals surface area (Å²) in [6, 6.07) is 8.97. The Bertz CT molecular complexity index is 539. The fourth-order valence-corrected chi connectivity index (χ4v) is 3.54. The van der Waals surface area contributed by atoms with Gasteiger partial charge < -0.3 is 10.2 Å². The molecule has 1 fully saturated rings. The third-order valence-electron chi connectivity index (χ3n) is 4.86. The van der Waals surface area contributed by atoms with Gasteiger partial charge in [-0.1, -0.05) is 36.8 Å². The molecule has 1 heterocycles. The lowest BCUT2D eigenvalue weighted by Crippen LogP contribution is -2.37. The number of hydrogen-bond donors (Lipinski definition) is 1. The van der Waals surface area contributed by atoms with Crippen molar-refractivity contribution in [3.8, 4) is 0 Å². The van der Waals surface area contributed by atoms with Crippen LogP contribution >= 0.6 is 0 Å². The number of nitrogens with one attached hydrogen (secondary N) is 1. The second kappa shape index (κ2) is 8.14. The highest BCUT2D eigenvalue weighted by molar-refractivity contribution is 5.79. The summed E-state index contributed by atoms with van der Waals surface area (Å²) in [6.07, 6.45) is 3.52. The summed E-state index contributed by atoms with van der Waals surface area (Å²) >= 11 is 0. The minimum atomic E-state index is 0.00351. The van der Waals surface area contributed by atoms with Crippen LogP contribution in [0.2, 0.25) is 0 Å². The van der Waals surface area contributed by atoms with Gasteiger partial charge in [0.2, 0.25) is 11.8 Å². The molecule has 0 aliphatic carbocycles. The van der Waals surface area contributed by atoms with E-state index in [1.54, 1.807) is 7.05 Å². The number of carbonyl (C=O) groups excluding carboxylic acids is 2. The summed E-state index contributed by atoms with van der Waals surface area (Å²) in [5, 5.41) is 2.60. The fourth-order valence-electron chi connectivity index (χ4n) is 3.54. The van der Waals surface area contributed by atoms with Crippen LogP contribution in [0, 0.1) is 6.92 Å². The lowest BCUT2D eigenvalue weighted by Gasteiger charge is -2.27. The second-order valence-corrected chi connectivity index (χ2v) is 6.40. The van der Waals surface area contributed by atoms with E-state index in [4.69, 9.17) is 0 Å². The first-order valence-electron chi connectivity index (χ1n) is 8.63. The van der Waals surface area contributed by atoms with Crippen molar-refractivity contribution >= 4 is 11.8 Å². The molecule has 2 amide bonds. The highest BCUT2D eigenvalue weighted by Gasteiger charge is 2.36. The van der Waals surface area contributed by atoms with E-state index in [0.717, 1.165) is 19.4 Å². The molecule has 126 valence electrons. The predicted molar refractivity (Wildman–Crippen MR) is 92.2 cm³/mol. The Morgan fingerprint density at radius 3 is 2.52 bits per heavy atom. The first-order chi connectivity index (χ1) is 11.1. The van der Waals surface area contributed by atoms with E-state index < -0.39 is 0 Å². The Labute approximate surface area is 139 Å². The first kappa shape index (κ1) is 17.5. The van der Waals surface area contributed by atoms with Crippen molar-refractivity contribution in [1.82, 2.24) is 10.2 Å². The summed E-state index contributed by atoms with van der Waals surface area (Å²) in [7, 11) is 1.63. The van der Waals surface area contributed by atoms with E-state index in [-0.39, 0.29) is 17.9 Å². The van der Waals surface area contributed by atoms with Gasteiger partial charge in [0.25, 0.3) is 0 Å². The molecule has 0 aromatic heterocycles. The molecule has 0 radical (unpaired) electrons. The average Bonchev–Trinajstić information content (AvgIpc) is 2.99. The number of nitrogens with zero attached hydrogens (tertiary/aromatic N) is 1. The molecule has 0 unspecified atom stereocenters. The number of amides is 2. The topological polar surface area (TPSA) is 49.4 Å². The van der Waals surface area contributed by atoms with Crippen molar-refractivity contribution in [2.45, 2.75) is 57.9 Å². The third kappa shape index (κ3) is 4.34. The molecular weight excluding hydrogens is 288 g/mol. The van der Waals surface area contributed by atoms with Gasteiger partial charge in [-0.2, -0.15) is 0 Å². The van der Waals surface area contributed by atoms with Gasteiger partial charge in [-0.05, 0) is 31.7 Å². The van der Waals surface area contributed by atoms with Crippen LogP contribution in [0.1, 0.15) is 56.1 Å². The van der Waals surface area contributed by atoms with Gasteiger partial charge in [0.1, 0.15) is 0 Å². The molecule has 1 N–H and O–H groups in total. The van der Waals surface area contributed by atoms with Crippen LogP contribution in [0.5, 0.6) is 0 Å². The largest absolute Gasteiger partial charge is 0.359 e. The maximum Gasteiger partial charge on any atom is 0.222 e. The molecular formula is C19H28N2O2. The van der Waals surface area contributed by atoms with Crippen LogP contribution in [0.3, 0.4) is 0 Å². The highest BCUT2D eigenvalue weighted by Crippen LogP contribution is 2.35. The Kier molecular flexibility index (Phi) is 6.20. The number of hydrogen-bond acceptors (Lipinski definition) is 2. The normalized spacial score (nSPS) is 20.6. The lowest BCUT2D eigenvalue weighted by molar-refractivity contribution is -0.132. The summed E-state index contributed by atoms with van der Waals surface area (Å²) < 4.78 is 0. The van der Waals surface area contributed by atoms with Crippen LogP contribution in [0.25, 0.3) is 0 Å². The van der Waals surface area contributed by atoms with E-state index in [2.05, 4.69) is 43.4 Å². The SMILES string of the molecule is CC[C@@H]1[C@H](c2ccc(C)cc2)CCN1C(=O)CCCC(=O)NC. The Hall–Kier alpha value is -1.84. The van der Waals surface area contributed by atoms with Crippen molar-refractivity contribution in [2.24, 2.45) is 0 Å². The molecule has 2 atom stereocenters. The van der Waals surface area contributed by atoms with Crippen LogP contribution in [0.4, 0.5) is 0 Å². The van der Waals surface area contributed by atoms with Gasteiger partial charge >= 0.3 is 0 Å². The molecule has 1 aromatic carbocycles. The monoisotopic (exact) mass is 316 g/mol. The van der Waals surface area contributed by atoms with E-state index >= 15 is 0 Å². The summed E-state index contributed by atoms with van der Waals surface area (Å²) in [4.78, 5) is 25.8. The van der Waals surface area contributed by atoms with Gasteiger partial charge in [0, 0.05) is 38.4 Å². The summed E-state index contributed by atoms with van der Waals surface area (Å²) in [6.45, 7) is 5.08. The molecule has 4 heteroatoms. The minimum absolute atomic E-state index is 0.00351. The minimum Gasteiger partial charge on any atom is -0.359 e. The van der Waals surface area contributed by atoms with Crippen LogP contribution < -0.4 is 5.32 Å². The zero-order valence-corrected chi connectivity index (χ0v) is 14.5. The predicted octanol–water partition coefficient (Wildman–Crippen LogP) is 3.01. The van der Waals surface area contributed by atoms with Gasteiger partial charge in [-0.25, -0.2) is 0 Å². The molecule has 0 spiro atoms. The van der Waals surface area contributed by atoms with Crippen LogP contribution in [-0.4, -0.2) is 36.3 Å². The maximum atomic E-state index is 12.5. The number of likely N-dealkylation sites (tertiary alicyclic amines) is 1. The highest BCUT2D eigenvalue weighted by atomic mass is 16.2. The number of rotatable bonds is 6. The third-order valence-corrected chi connectivity index (χ3v) is 4.86. The quantitative estimate of drug-likeness (QED) is 0.877. The van der Waals surface area contributed by atoms with E-state index in [1.807, 2.05) is 4.90 Å². The molecule has 0 bridgehead atoms. The fraction of sp³-hybridized carbons (Fsp3) is 0.579. The van der Waals surface area contributed by atoms with Crippen molar-refractivity contribution in [3.05, 3.63) is 35.4 Å². The summed E-state index contributed by atoms with van der Waals surface area (Å²) in [5.41, 5.74) is 2.60. The Morgan fingerprint density at radius 1 is 1.22 bits per heavy atom. The molecule has 1 aliphatic rings. The van der Waals surface area contributed by atoms with Crippen molar-refractivity contribution in [1.29, 1.82) is 0 Å².